The van der Waals surface area contributed by atoms with Crippen LogP contribution < -0.4 is 16.3 Å². The van der Waals surface area contributed by atoms with Crippen LogP contribution in [-0.2, 0) is 16.6 Å². The zero-order chi connectivity index (χ0) is 23.5. The minimum absolute atomic E-state index is 0.102. The van der Waals surface area contributed by atoms with E-state index in [2.05, 4.69) is 43.5 Å². The minimum Gasteiger partial charge on any atom is -0.444 e. The van der Waals surface area contributed by atoms with Gasteiger partial charge in [0, 0.05) is 34.9 Å². The largest absolute Gasteiger partial charge is 0.444 e. The molecule has 32 heavy (non-hydrogen) atoms. The van der Waals surface area contributed by atoms with Crippen LogP contribution in [0.15, 0.2) is 57.7 Å². The SMILES string of the molecule is CC(C)(C)OC(=O)NCCc1cc2ccc(Nc3ccc(C(C)(C)C)cc3)cc2oc1=O. The van der Waals surface area contributed by atoms with Crippen LogP contribution in [0.2, 0.25) is 0 Å². The van der Waals surface area contributed by atoms with Crippen LogP contribution in [0.4, 0.5) is 16.2 Å². The third kappa shape index (κ3) is 6.36. The van der Waals surface area contributed by atoms with E-state index in [1.807, 2.05) is 30.3 Å². The molecule has 6 nitrogen and oxygen atoms in total. The first-order valence-electron chi connectivity index (χ1n) is 10.8. The van der Waals surface area contributed by atoms with E-state index in [1.165, 1.54) is 5.56 Å². The summed E-state index contributed by atoms with van der Waals surface area (Å²) in [6.07, 6.45) is -0.147. The van der Waals surface area contributed by atoms with E-state index >= 15 is 0 Å². The highest BCUT2D eigenvalue weighted by atomic mass is 16.6. The molecular formula is C26H32N2O4. The molecule has 0 atom stereocenters. The maximum atomic E-state index is 12.4. The molecule has 0 radical (unpaired) electrons. The fourth-order valence-electron chi connectivity index (χ4n) is 3.24. The molecule has 0 bridgehead atoms. The smallest absolute Gasteiger partial charge is 0.407 e. The number of alkyl carbamates (subject to hydrolysis) is 1. The van der Waals surface area contributed by atoms with Crippen molar-refractivity contribution in [2.24, 2.45) is 0 Å². The van der Waals surface area contributed by atoms with Gasteiger partial charge in [0.25, 0.3) is 0 Å². The van der Waals surface area contributed by atoms with Crippen molar-refractivity contribution in [2.45, 2.75) is 59.0 Å². The first-order chi connectivity index (χ1) is 14.9. The first kappa shape index (κ1) is 23.4. The number of amides is 1. The van der Waals surface area contributed by atoms with Crippen LogP contribution in [0.25, 0.3) is 11.0 Å². The minimum atomic E-state index is -0.563. The fourth-order valence-corrected chi connectivity index (χ4v) is 3.24. The molecule has 2 N–H and O–H groups in total. The van der Waals surface area contributed by atoms with E-state index < -0.39 is 17.3 Å². The Kier molecular flexibility index (Phi) is 6.63. The van der Waals surface area contributed by atoms with Crippen LogP contribution >= 0.6 is 0 Å². The maximum absolute atomic E-state index is 12.4. The molecule has 2 aromatic carbocycles. The van der Waals surface area contributed by atoms with Crippen molar-refractivity contribution in [3.63, 3.8) is 0 Å². The normalized spacial score (nSPS) is 11.9. The van der Waals surface area contributed by atoms with Gasteiger partial charge in [0.2, 0.25) is 0 Å². The lowest BCUT2D eigenvalue weighted by molar-refractivity contribution is 0.0528. The number of ether oxygens (including phenoxy) is 1. The Labute approximate surface area is 189 Å². The van der Waals surface area contributed by atoms with Gasteiger partial charge in [-0.1, -0.05) is 32.9 Å². The number of fused-ring (bicyclic) bond motifs is 1. The summed E-state index contributed by atoms with van der Waals surface area (Å²) in [5.74, 6) is 0. The van der Waals surface area contributed by atoms with Gasteiger partial charge in [-0.15, -0.1) is 0 Å². The van der Waals surface area contributed by atoms with Gasteiger partial charge in [0.05, 0.1) is 0 Å². The second-order valence-electron chi connectivity index (χ2n) is 9.94. The molecule has 0 aliphatic rings. The van der Waals surface area contributed by atoms with Crippen molar-refractivity contribution in [1.29, 1.82) is 0 Å². The lowest BCUT2D eigenvalue weighted by Gasteiger charge is -2.19. The summed E-state index contributed by atoms with van der Waals surface area (Å²) >= 11 is 0. The topological polar surface area (TPSA) is 80.6 Å². The Hall–Kier alpha value is -3.28. The van der Waals surface area contributed by atoms with Crippen LogP contribution in [-0.4, -0.2) is 18.2 Å². The number of anilines is 2. The molecule has 1 amide bonds. The van der Waals surface area contributed by atoms with E-state index in [0.717, 1.165) is 16.8 Å². The van der Waals surface area contributed by atoms with Crippen LogP contribution in [0, 0.1) is 0 Å². The molecule has 0 aliphatic heterocycles. The molecule has 0 unspecified atom stereocenters. The van der Waals surface area contributed by atoms with Crippen molar-refractivity contribution in [1.82, 2.24) is 5.32 Å². The standard InChI is InChI=1S/C26H32N2O4/c1-25(2,3)19-8-11-20(12-9-19)28-21-10-7-17-15-18(23(29)31-22(17)16-21)13-14-27-24(30)32-26(4,5)6/h7-12,15-16,28H,13-14H2,1-6H3,(H,27,30). The van der Waals surface area contributed by atoms with Crippen LogP contribution in [0.5, 0.6) is 0 Å². The summed E-state index contributed by atoms with van der Waals surface area (Å²) in [6, 6.07) is 15.8. The summed E-state index contributed by atoms with van der Waals surface area (Å²) in [6.45, 7) is 12.2. The molecule has 0 saturated carbocycles. The predicted octanol–water partition coefficient (Wildman–Crippen LogP) is 5.90. The van der Waals surface area contributed by atoms with Gasteiger partial charge < -0.3 is 19.8 Å². The van der Waals surface area contributed by atoms with Gasteiger partial charge in [-0.05, 0) is 68.5 Å². The average Bonchev–Trinajstić information content (AvgIpc) is 2.67. The van der Waals surface area contributed by atoms with Crippen molar-refractivity contribution < 1.29 is 13.9 Å². The van der Waals surface area contributed by atoms with Crippen LogP contribution in [0.1, 0.15) is 52.7 Å². The van der Waals surface area contributed by atoms with Crippen molar-refractivity contribution >= 4 is 28.4 Å². The monoisotopic (exact) mass is 436 g/mol. The highest BCUT2D eigenvalue weighted by Crippen LogP contribution is 2.26. The summed E-state index contributed by atoms with van der Waals surface area (Å²) in [5, 5.41) is 6.84. The van der Waals surface area contributed by atoms with E-state index in [-0.39, 0.29) is 12.0 Å². The average molecular weight is 437 g/mol. The molecule has 0 spiro atoms. The van der Waals surface area contributed by atoms with Gasteiger partial charge in [-0.3, -0.25) is 0 Å². The molecule has 0 aliphatic carbocycles. The summed E-state index contributed by atoms with van der Waals surface area (Å²) in [5.41, 5.74) is 3.21. The fraction of sp³-hybridized carbons (Fsp3) is 0.385. The van der Waals surface area contributed by atoms with Gasteiger partial charge in [0.15, 0.2) is 0 Å². The lowest BCUT2D eigenvalue weighted by atomic mass is 9.87. The number of benzene rings is 2. The molecule has 1 heterocycles. The Morgan fingerprint density at radius 1 is 0.938 bits per heavy atom. The van der Waals surface area contributed by atoms with E-state index in [9.17, 15) is 9.59 Å². The highest BCUT2D eigenvalue weighted by molar-refractivity contribution is 5.82. The Bertz CT molecular complexity index is 1150. The molecular weight excluding hydrogens is 404 g/mol. The molecule has 6 heteroatoms. The second kappa shape index (κ2) is 9.07. The van der Waals surface area contributed by atoms with Crippen molar-refractivity contribution in [3.05, 3.63) is 70.1 Å². The number of carbonyl (C=O) groups excluding carboxylic acids is 1. The molecule has 0 fully saturated rings. The number of rotatable bonds is 5. The number of hydrogen-bond donors (Lipinski definition) is 2. The second-order valence-corrected chi connectivity index (χ2v) is 9.94. The van der Waals surface area contributed by atoms with E-state index in [4.69, 9.17) is 9.15 Å². The molecule has 3 rings (SSSR count). The molecule has 170 valence electrons. The van der Waals surface area contributed by atoms with Gasteiger partial charge in [-0.2, -0.15) is 0 Å². The maximum Gasteiger partial charge on any atom is 0.407 e. The van der Waals surface area contributed by atoms with Gasteiger partial charge in [-0.25, -0.2) is 9.59 Å². The van der Waals surface area contributed by atoms with Crippen molar-refractivity contribution in [2.75, 3.05) is 11.9 Å². The molecule has 0 saturated heterocycles. The highest BCUT2D eigenvalue weighted by Gasteiger charge is 2.16. The number of nitrogens with one attached hydrogen (secondary N) is 2. The summed E-state index contributed by atoms with van der Waals surface area (Å²) in [4.78, 5) is 24.2. The first-order valence-corrected chi connectivity index (χ1v) is 10.8. The number of hydrogen-bond acceptors (Lipinski definition) is 5. The molecule has 1 aromatic heterocycles. The summed E-state index contributed by atoms with van der Waals surface area (Å²) in [7, 11) is 0. The third-order valence-corrected chi connectivity index (χ3v) is 4.91. The number of carbonyl (C=O) groups is 1. The van der Waals surface area contributed by atoms with E-state index in [0.29, 0.717) is 17.6 Å². The van der Waals surface area contributed by atoms with Crippen LogP contribution in [0.3, 0.4) is 0 Å². The zero-order valence-corrected chi connectivity index (χ0v) is 19.7. The van der Waals surface area contributed by atoms with Gasteiger partial charge >= 0.3 is 11.7 Å². The molecule has 3 aromatic rings. The van der Waals surface area contributed by atoms with Gasteiger partial charge in [0.1, 0.15) is 11.2 Å². The Morgan fingerprint density at radius 3 is 2.22 bits per heavy atom. The van der Waals surface area contributed by atoms with Crippen molar-refractivity contribution in [3.8, 4) is 0 Å². The Balaban J connectivity index is 1.68. The lowest BCUT2D eigenvalue weighted by Crippen LogP contribution is -2.34. The predicted molar refractivity (Wildman–Crippen MR) is 129 cm³/mol. The quantitative estimate of drug-likeness (QED) is 0.487. The zero-order valence-electron chi connectivity index (χ0n) is 19.7. The third-order valence-electron chi connectivity index (χ3n) is 4.91. The summed E-state index contributed by atoms with van der Waals surface area (Å²) < 4.78 is 10.7. The van der Waals surface area contributed by atoms with E-state index in [1.54, 1.807) is 26.8 Å². The Morgan fingerprint density at radius 2 is 1.59 bits per heavy atom.